The van der Waals surface area contributed by atoms with Gasteiger partial charge in [0.25, 0.3) is 0 Å². The Morgan fingerprint density at radius 2 is 0.538 bits per heavy atom. The second kappa shape index (κ2) is 28.8. The molecule has 8 aromatic heterocycles. The Balaban J connectivity index is 0.0000000999. The molecule has 0 unspecified atom stereocenters. The quantitative estimate of drug-likeness (QED) is 0.139. The SMILES string of the molecule is c1ccc(-c2nc(-c3ccccc3)nc(-n3c4cccc5c6ccccc6n6c7ccccc7c7cc(-c8ccccc8)c3c(c54)c76)n2)cc1.c1ccc(-c2nc3ccccc3nc2-n2c3cccc4c3c3c5c(cccc5c5ccccc5c32)-c2ccccc2-4)cc1.c1ccc(-c2nc3ccccc3nc2-n2c3cccc4c3c3c5c(cccc5ccc32)-c2ccccc2-4)cc1. The molecule has 20 aromatic carbocycles. The summed E-state index contributed by atoms with van der Waals surface area (Å²) in [5.41, 5.74) is 32.0. The van der Waals surface area contributed by atoms with Crippen molar-refractivity contribution >= 4 is 158 Å². The Bertz CT molecular complexity index is 9660. The van der Waals surface area contributed by atoms with Crippen LogP contribution in [0.3, 0.4) is 0 Å². The predicted octanol–water partition coefficient (Wildman–Crippen LogP) is 30.7. The van der Waals surface area contributed by atoms with Crippen LogP contribution in [0, 0.1) is 0 Å². The highest BCUT2D eigenvalue weighted by molar-refractivity contribution is 6.39. The van der Waals surface area contributed by atoms with Crippen molar-refractivity contribution in [3.8, 4) is 119 Å². The summed E-state index contributed by atoms with van der Waals surface area (Å²) in [6.45, 7) is 0. The highest BCUT2D eigenvalue weighted by atomic mass is 15.2. The van der Waals surface area contributed by atoms with Crippen molar-refractivity contribution in [3.05, 3.63) is 431 Å². The van der Waals surface area contributed by atoms with Crippen LogP contribution < -0.4 is 0 Å². The Kier molecular flexibility index (Phi) is 16.0. The van der Waals surface area contributed by atoms with Crippen molar-refractivity contribution in [2.75, 3.05) is 0 Å². The van der Waals surface area contributed by atoms with Crippen LogP contribution in [0.1, 0.15) is 0 Å². The van der Waals surface area contributed by atoms with E-state index < -0.39 is 0 Å². The smallest absolute Gasteiger partial charge is 0.238 e. The largest absolute Gasteiger partial charge is 0.308 e. The Morgan fingerprint density at radius 1 is 0.167 bits per heavy atom. The van der Waals surface area contributed by atoms with Crippen LogP contribution in [0.4, 0.5) is 0 Å². The topological polar surface area (TPSA) is 109 Å². The van der Waals surface area contributed by atoms with Crippen LogP contribution in [0.15, 0.2) is 431 Å². The van der Waals surface area contributed by atoms with E-state index in [2.05, 4.69) is 364 Å². The van der Waals surface area contributed by atoms with Gasteiger partial charge in [-0.05, 0) is 144 Å². The van der Waals surface area contributed by atoms with E-state index in [1.54, 1.807) is 0 Å². The summed E-state index contributed by atoms with van der Waals surface area (Å²) in [6, 6.07) is 153. The molecule has 0 saturated carbocycles. The molecule has 132 heavy (non-hydrogen) atoms. The van der Waals surface area contributed by atoms with Gasteiger partial charge in [0.15, 0.2) is 23.3 Å². The number of para-hydroxylation sites is 6. The summed E-state index contributed by atoms with van der Waals surface area (Å²) in [5, 5.41) is 19.9. The Labute approximate surface area is 755 Å². The van der Waals surface area contributed by atoms with E-state index in [1.807, 2.05) is 84.9 Å². The molecule has 0 N–H and O–H groups in total. The number of rotatable bonds is 8. The summed E-state index contributed by atoms with van der Waals surface area (Å²) < 4.78 is 9.48. The van der Waals surface area contributed by atoms with Crippen LogP contribution >= 0.6 is 0 Å². The third-order valence-corrected chi connectivity index (χ3v) is 27.3. The number of aromatic nitrogens is 11. The predicted molar refractivity (Wildman–Crippen MR) is 545 cm³/mol. The summed E-state index contributed by atoms with van der Waals surface area (Å²) in [6.07, 6.45) is 0. The minimum atomic E-state index is 0.586. The molecule has 0 saturated heterocycles. The van der Waals surface area contributed by atoms with Crippen molar-refractivity contribution in [2.45, 2.75) is 0 Å². The van der Waals surface area contributed by atoms with E-state index in [1.165, 1.54) is 153 Å². The molecule has 610 valence electrons. The fourth-order valence-electron chi connectivity index (χ4n) is 21.9. The van der Waals surface area contributed by atoms with Gasteiger partial charge in [-0.3, -0.25) is 13.7 Å². The van der Waals surface area contributed by atoms with E-state index in [-0.39, 0.29) is 0 Å². The molecular weight excluding hydrogens is 1610 g/mol. The van der Waals surface area contributed by atoms with Crippen LogP contribution in [0.2, 0.25) is 0 Å². The molecule has 0 spiro atoms. The van der Waals surface area contributed by atoms with Gasteiger partial charge in [-0.15, -0.1) is 0 Å². The summed E-state index contributed by atoms with van der Waals surface area (Å²) in [5.74, 6) is 3.55. The zero-order valence-corrected chi connectivity index (χ0v) is 70.9. The zero-order valence-electron chi connectivity index (χ0n) is 70.9. The van der Waals surface area contributed by atoms with Gasteiger partial charge in [-0.2, -0.15) is 9.97 Å². The normalized spacial score (nSPS) is 12.1. The minimum Gasteiger partial charge on any atom is -0.308 e. The lowest BCUT2D eigenvalue weighted by atomic mass is 9.91. The molecule has 0 amide bonds. The molecule has 0 bridgehead atoms. The number of nitrogens with zero attached hydrogens (tertiary/aromatic N) is 11. The van der Waals surface area contributed by atoms with Crippen molar-refractivity contribution in [1.82, 2.24) is 53.0 Å². The standard InChI is InChI=1S/C45H27N5.C40H23N3.C36H21N3/c1-4-15-28(16-5-1)34-27-35-32-22-11-13-25-37(32)49-36-24-12-10-21-31(36)33-23-14-26-38-39(33)40(42(35)49)41(34)50(38)45-47-43(29-17-6-2-7-18-29)46-44(48-45)30-19-8-3-9-20-30;1-2-12-24(13-3-1)38-40(42-33-22-9-8-21-32(33)41-38)43-34-23-11-20-30-26-15-5-4-14-25(26)28-18-10-19-29-27-16-6-7-17-31(27)39(43)37(35(28)29)36(30)34;1-2-10-23(11-3-1)35-36(38-29-18-7-6-17-28(29)37-35)39-30-19-9-16-27-25-14-5-4-13-24(25)26-15-8-12-22-20-21-31(39)34(32(22)26)33(27)30/h1-27H;1-23H;1-21H. The van der Waals surface area contributed by atoms with Crippen molar-refractivity contribution in [2.24, 2.45) is 0 Å². The number of hydrogen-bond acceptors (Lipinski definition) is 7. The third-order valence-electron chi connectivity index (χ3n) is 27.3. The molecule has 0 radical (unpaired) electrons. The van der Waals surface area contributed by atoms with Crippen molar-refractivity contribution in [1.29, 1.82) is 0 Å². The second-order valence-corrected chi connectivity index (χ2v) is 34.4. The van der Waals surface area contributed by atoms with Gasteiger partial charge in [0.2, 0.25) is 5.95 Å². The summed E-state index contributed by atoms with van der Waals surface area (Å²) in [4.78, 5) is 36.7. The van der Waals surface area contributed by atoms with Gasteiger partial charge in [0.1, 0.15) is 11.4 Å². The van der Waals surface area contributed by atoms with Gasteiger partial charge in [-0.25, -0.2) is 24.9 Å². The minimum absolute atomic E-state index is 0.586. The van der Waals surface area contributed by atoms with Crippen molar-refractivity contribution < 1.29 is 0 Å². The summed E-state index contributed by atoms with van der Waals surface area (Å²) in [7, 11) is 0. The lowest BCUT2D eigenvalue weighted by Gasteiger charge is -2.17. The molecule has 2 aliphatic carbocycles. The van der Waals surface area contributed by atoms with Gasteiger partial charge < -0.3 is 4.40 Å². The highest BCUT2D eigenvalue weighted by Crippen LogP contribution is 2.56. The fourth-order valence-corrected chi connectivity index (χ4v) is 21.9. The van der Waals surface area contributed by atoms with E-state index in [0.29, 0.717) is 17.6 Å². The lowest BCUT2D eigenvalue weighted by molar-refractivity contribution is 0.954. The molecule has 8 heterocycles. The van der Waals surface area contributed by atoms with E-state index >= 15 is 0 Å². The van der Waals surface area contributed by atoms with Gasteiger partial charge in [-0.1, -0.05) is 364 Å². The number of hydrogen-bond donors (Lipinski definition) is 0. The Morgan fingerprint density at radius 3 is 1.09 bits per heavy atom. The first-order valence-electron chi connectivity index (χ1n) is 44.9. The monoisotopic (exact) mass is 1680 g/mol. The molecule has 28 aromatic rings. The average molecular weight is 1680 g/mol. The average Bonchev–Trinajstić information content (AvgIpc) is 1.53. The first kappa shape index (κ1) is 73.3. The third kappa shape index (κ3) is 10.8. The molecule has 11 heteroatoms. The number of benzene rings is 20. The van der Waals surface area contributed by atoms with E-state index in [4.69, 9.17) is 34.9 Å². The fraction of sp³-hybridized carbons (Fsp3) is 0. The molecule has 0 atom stereocenters. The molecule has 11 nitrogen and oxygen atoms in total. The van der Waals surface area contributed by atoms with Gasteiger partial charge in [0, 0.05) is 87.1 Å². The van der Waals surface area contributed by atoms with Crippen molar-refractivity contribution in [3.63, 3.8) is 0 Å². The molecule has 2 aliphatic rings. The first-order chi connectivity index (χ1) is 65.6. The van der Waals surface area contributed by atoms with Crippen LogP contribution in [-0.2, 0) is 0 Å². The maximum atomic E-state index is 5.40. The molecular formula is C121H71N11. The van der Waals surface area contributed by atoms with E-state index in [9.17, 15) is 0 Å². The first-order valence-corrected chi connectivity index (χ1v) is 44.9. The molecule has 0 aliphatic heterocycles. The van der Waals surface area contributed by atoms with Crippen LogP contribution in [0.25, 0.3) is 276 Å². The molecule has 30 rings (SSSR count). The highest BCUT2D eigenvalue weighted by Gasteiger charge is 2.33. The Hall–Kier alpha value is -17.9. The maximum Gasteiger partial charge on any atom is 0.238 e. The van der Waals surface area contributed by atoms with E-state index in [0.717, 1.165) is 106 Å². The second-order valence-electron chi connectivity index (χ2n) is 34.4. The van der Waals surface area contributed by atoms with Crippen LogP contribution in [0.5, 0.6) is 0 Å². The summed E-state index contributed by atoms with van der Waals surface area (Å²) >= 11 is 0. The van der Waals surface area contributed by atoms with Gasteiger partial charge >= 0.3 is 0 Å². The zero-order chi connectivity index (χ0) is 86.3. The lowest BCUT2D eigenvalue weighted by Crippen LogP contribution is -2.07. The van der Waals surface area contributed by atoms with Gasteiger partial charge in [0.05, 0.1) is 71.7 Å². The maximum absolute atomic E-state index is 5.40. The molecule has 0 fully saturated rings. The number of fused-ring (bicyclic) bond motifs is 17. The van der Waals surface area contributed by atoms with Crippen LogP contribution in [-0.4, -0.2) is 53.0 Å².